The van der Waals surface area contributed by atoms with Gasteiger partial charge < -0.3 is 15.8 Å². The van der Waals surface area contributed by atoms with E-state index < -0.39 is 0 Å². The summed E-state index contributed by atoms with van der Waals surface area (Å²) in [5.41, 5.74) is 5.50. The third kappa shape index (κ3) is 5.50. The largest absolute Gasteiger partial charge is 0.380 e. The Morgan fingerprint density at radius 3 is 2.82 bits per heavy atom. The smallest absolute Gasteiger partial charge is 0.222 e. The Bertz CT molecular complexity index is 229. The van der Waals surface area contributed by atoms with Crippen LogP contribution >= 0.6 is 0 Å². The van der Waals surface area contributed by atoms with Crippen LogP contribution in [0.4, 0.5) is 0 Å². The maximum absolute atomic E-state index is 11.8. The van der Waals surface area contributed by atoms with E-state index in [2.05, 4.69) is 12.2 Å². The summed E-state index contributed by atoms with van der Waals surface area (Å²) >= 11 is 0. The van der Waals surface area contributed by atoms with Crippen LogP contribution in [0.25, 0.3) is 0 Å². The monoisotopic (exact) mass is 242 g/mol. The molecule has 17 heavy (non-hydrogen) atoms. The summed E-state index contributed by atoms with van der Waals surface area (Å²) in [7, 11) is 1.60. The number of carbonyl (C=O) groups is 1. The van der Waals surface area contributed by atoms with Gasteiger partial charge in [0.25, 0.3) is 0 Å². The lowest BCUT2D eigenvalue weighted by atomic mass is 10.0. The number of nitrogens with one attached hydrogen (secondary N) is 1. The third-order valence-electron chi connectivity index (χ3n) is 3.63. The van der Waals surface area contributed by atoms with Crippen LogP contribution in [0.1, 0.15) is 45.4 Å². The molecule has 1 amide bonds. The zero-order valence-corrected chi connectivity index (χ0v) is 11.1. The van der Waals surface area contributed by atoms with E-state index in [9.17, 15) is 4.79 Å². The maximum atomic E-state index is 11.8. The molecular weight excluding hydrogens is 216 g/mol. The topological polar surface area (TPSA) is 64.3 Å². The van der Waals surface area contributed by atoms with Crippen LogP contribution in [-0.4, -0.2) is 31.7 Å². The molecule has 3 unspecified atom stereocenters. The van der Waals surface area contributed by atoms with Gasteiger partial charge in [0.2, 0.25) is 5.91 Å². The zero-order valence-electron chi connectivity index (χ0n) is 11.1. The van der Waals surface area contributed by atoms with Crippen molar-refractivity contribution in [2.24, 2.45) is 11.7 Å². The molecule has 0 aliphatic heterocycles. The molecule has 3 N–H and O–H groups in total. The van der Waals surface area contributed by atoms with Gasteiger partial charge in [-0.3, -0.25) is 4.79 Å². The fraction of sp³-hybridized carbons (Fsp3) is 0.923. The highest BCUT2D eigenvalue weighted by Gasteiger charge is 2.19. The van der Waals surface area contributed by atoms with Crippen molar-refractivity contribution in [3.63, 3.8) is 0 Å². The van der Waals surface area contributed by atoms with Crippen molar-refractivity contribution in [1.29, 1.82) is 0 Å². The van der Waals surface area contributed by atoms with Gasteiger partial charge in [-0.05, 0) is 25.2 Å². The van der Waals surface area contributed by atoms with Crippen molar-refractivity contribution in [3.05, 3.63) is 0 Å². The Labute approximate surface area is 104 Å². The highest BCUT2D eigenvalue weighted by molar-refractivity contribution is 5.76. The van der Waals surface area contributed by atoms with Gasteiger partial charge in [0, 0.05) is 19.7 Å². The minimum absolute atomic E-state index is 0.0712. The number of hydrogen-bond donors (Lipinski definition) is 2. The molecule has 0 aromatic carbocycles. The highest BCUT2D eigenvalue weighted by Crippen LogP contribution is 2.22. The predicted molar refractivity (Wildman–Crippen MR) is 68.6 cm³/mol. The third-order valence-corrected chi connectivity index (χ3v) is 3.63. The summed E-state index contributed by atoms with van der Waals surface area (Å²) < 4.78 is 5.12. The van der Waals surface area contributed by atoms with Crippen molar-refractivity contribution in [2.45, 2.75) is 57.6 Å². The number of rotatable bonds is 5. The Morgan fingerprint density at radius 2 is 2.18 bits per heavy atom. The van der Waals surface area contributed by atoms with Crippen LogP contribution in [0.3, 0.4) is 0 Å². The molecule has 4 heteroatoms. The molecule has 0 saturated heterocycles. The first-order valence-electron chi connectivity index (χ1n) is 6.68. The first-order valence-corrected chi connectivity index (χ1v) is 6.68. The molecule has 1 aliphatic carbocycles. The second-order valence-corrected chi connectivity index (χ2v) is 5.18. The molecule has 100 valence electrons. The molecule has 0 radical (unpaired) electrons. The van der Waals surface area contributed by atoms with Crippen molar-refractivity contribution >= 4 is 5.91 Å². The Balaban J connectivity index is 2.29. The molecule has 3 atom stereocenters. The summed E-state index contributed by atoms with van der Waals surface area (Å²) in [5, 5.41) is 3.10. The van der Waals surface area contributed by atoms with Crippen molar-refractivity contribution in [3.8, 4) is 0 Å². The van der Waals surface area contributed by atoms with Gasteiger partial charge in [-0.2, -0.15) is 0 Å². The number of hydrogen-bond acceptors (Lipinski definition) is 3. The van der Waals surface area contributed by atoms with Crippen LogP contribution < -0.4 is 11.1 Å². The fourth-order valence-electron chi connectivity index (χ4n) is 2.39. The van der Waals surface area contributed by atoms with Gasteiger partial charge in [0.05, 0.1) is 12.5 Å². The normalized spacial score (nSPS) is 27.2. The summed E-state index contributed by atoms with van der Waals surface area (Å²) in [6, 6.07) is 0.350. The average molecular weight is 242 g/mol. The van der Waals surface area contributed by atoms with Crippen LogP contribution in [0.15, 0.2) is 0 Å². The van der Waals surface area contributed by atoms with E-state index in [4.69, 9.17) is 10.5 Å². The first kappa shape index (κ1) is 14.5. The summed E-state index contributed by atoms with van der Waals surface area (Å²) in [4.78, 5) is 11.8. The Morgan fingerprint density at radius 1 is 1.41 bits per heavy atom. The second kappa shape index (κ2) is 7.67. The average Bonchev–Trinajstić information content (AvgIpc) is 2.51. The van der Waals surface area contributed by atoms with Crippen molar-refractivity contribution < 1.29 is 9.53 Å². The van der Waals surface area contributed by atoms with Crippen LogP contribution in [0.2, 0.25) is 0 Å². The summed E-state index contributed by atoms with van der Waals surface area (Å²) in [6.45, 7) is 2.69. The number of nitrogens with two attached hydrogens (primary N) is 1. The van der Waals surface area contributed by atoms with Gasteiger partial charge >= 0.3 is 0 Å². The molecule has 0 heterocycles. The van der Waals surface area contributed by atoms with Gasteiger partial charge in [0.1, 0.15) is 0 Å². The maximum Gasteiger partial charge on any atom is 0.222 e. The van der Waals surface area contributed by atoms with Crippen LogP contribution in [0.5, 0.6) is 0 Å². The summed E-state index contributed by atoms with van der Waals surface area (Å²) in [6.07, 6.45) is 6.16. The van der Waals surface area contributed by atoms with E-state index in [0.717, 1.165) is 18.8 Å². The molecule has 4 nitrogen and oxygen atoms in total. The van der Waals surface area contributed by atoms with E-state index in [-0.39, 0.29) is 12.0 Å². The highest BCUT2D eigenvalue weighted by atomic mass is 16.5. The number of ether oxygens (including phenoxy) is 1. The lowest BCUT2D eigenvalue weighted by molar-refractivity contribution is -0.124. The molecule has 0 aromatic heterocycles. The van der Waals surface area contributed by atoms with Gasteiger partial charge in [-0.15, -0.1) is 0 Å². The quantitative estimate of drug-likeness (QED) is 0.717. The van der Waals surface area contributed by atoms with Gasteiger partial charge in [0.15, 0.2) is 0 Å². The molecule has 0 spiro atoms. The van der Waals surface area contributed by atoms with E-state index in [1.54, 1.807) is 7.11 Å². The zero-order chi connectivity index (χ0) is 12.7. The molecule has 0 aromatic rings. The fourth-order valence-corrected chi connectivity index (χ4v) is 2.39. The lowest BCUT2D eigenvalue weighted by Crippen LogP contribution is -2.38. The molecule has 1 fully saturated rings. The lowest BCUT2D eigenvalue weighted by Gasteiger charge is -2.18. The van der Waals surface area contributed by atoms with Crippen molar-refractivity contribution in [2.75, 3.05) is 13.7 Å². The Kier molecular flexibility index (Phi) is 6.52. The van der Waals surface area contributed by atoms with Gasteiger partial charge in [-0.25, -0.2) is 0 Å². The van der Waals surface area contributed by atoms with Gasteiger partial charge in [-0.1, -0.05) is 19.8 Å². The van der Waals surface area contributed by atoms with Crippen LogP contribution in [-0.2, 0) is 9.53 Å². The number of methoxy groups -OCH3 is 1. The van der Waals surface area contributed by atoms with E-state index in [1.807, 2.05) is 0 Å². The standard InChI is InChI=1S/C13H26N2O2/c1-10-4-3-5-11(7-6-10)15-13(16)8-12(9-14)17-2/h10-12H,3-9,14H2,1-2H3,(H,15,16). The number of carbonyl (C=O) groups excluding carboxylic acids is 1. The molecule has 0 bridgehead atoms. The minimum Gasteiger partial charge on any atom is -0.380 e. The van der Waals surface area contributed by atoms with E-state index >= 15 is 0 Å². The predicted octanol–water partition coefficient (Wildman–Crippen LogP) is 1.44. The molecular formula is C13H26N2O2. The van der Waals surface area contributed by atoms with E-state index in [1.165, 1.54) is 19.3 Å². The molecule has 1 aliphatic rings. The molecule has 1 rings (SSSR count). The Hall–Kier alpha value is -0.610. The number of amides is 1. The summed E-state index contributed by atoms with van der Waals surface area (Å²) in [5.74, 6) is 0.870. The van der Waals surface area contributed by atoms with E-state index in [0.29, 0.717) is 19.0 Å². The SMILES string of the molecule is COC(CN)CC(=O)NC1CCCC(C)CC1. The first-order chi connectivity index (χ1) is 8.15. The van der Waals surface area contributed by atoms with Crippen molar-refractivity contribution in [1.82, 2.24) is 5.32 Å². The van der Waals surface area contributed by atoms with Crippen LogP contribution in [0, 0.1) is 5.92 Å². The molecule has 1 saturated carbocycles. The second-order valence-electron chi connectivity index (χ2n) is 5.18. The minimum atomic E-state index is -0.153.